The van der Waals surface area contributed by atoms with E-state index in [2.05, 4.69) is 18.1 Å². The average molecular weight is 410 g/mol. The summed E-state index contributed by atoms with van der Waals surface area (Å²) in [5.41, 5.74) is 0.179. The normalized spacial score (nSPS) is 45.1. The Hall–Kier alpha value is -1.67. The van der Waals surface area contributed by atoms with Gasteiger partial charge in [0.15, 0.2) is 5.78 Å². The Kier molecular flexibility index (Phi) is 4.85. The molecule has 4 aliphatic rings. The standard InChI is InChI=1S/C25H35N3O2/c1-24(30)9-7-18-17(11-24)3-4-20-19(18)8-10-25(2)21(20)5-6-22(25)23(29)15-28-14-16(12-26)13-27-28/h13-14,17-22,30H,3-11,15H2,1-2H3/t17?,18-,19+,20+,21-,22?,24+,25?/m0/s1. The molecule has 3 unspecified atom stereocenters. The second-order valence-electron chi connectivity index (χ2n) is 11.4. The number of aromatic nitrogens is 2. The van der Waals surface area contributed by atoms with Gasteiger partial charge in [0.1, 0.15) is 6.07 Å². The summed E-state index contributed by atoms with van der Waals surface area (Å²) in [5.74, 6) is 4.15. The van der Waals surface area contributed by atoms with Crippen molar-refractivity contribution < 1.29 is 9.90 Å². The number of carbonyl (C=O) groups is 1. The summed E-state index contributed by atoms with van der Waals surface area (Å²) in [5, 5.41) is 23.8. The lowest BCUT2D eigenvalue weighted by atomic mass is 9.49. The van der Waals surface area contributed by atoms with Gasteiger partial charge in [-0.1, -0.05) is 6.92 Å². The van der Waals surface area contributed by atoms with Crippen LogP contribution in [0.25, 0.3) is 0 Å². The predicted molar refractivity (Wildman–Crippen MR) is 113 cm³/mol. The maximum absolute atomic E-state index is 13.3. The molecule has 4 saturated carbocycles. The van der Waals surface area contributed by atoms with Crippen molar-refractivity contribution in [2.45, 2.75) is 83.8 Å². The fourth-order valence-corrected chi connectivity index (χ4v) is 8.39. The van der Waals surface area contributed by atoms with Crippen LogP contribution >= 0.6 is 0 Å². The van der Waals surface area contributed by atoms with Crippen LogP contribution in [0.15, 0.2) is 12.4 Å². The highest BCUT2D eigenvalue weighted by Gasteiger charge is 2.58. The molecule has 5 nitrogen and oxygen atoms in total. The highest BCUT2D eigenvalue weighted by atomic mass is 16.3. The lowest BCUT2D eigenvalue weighted by Crippen LogP contribution is -2.51. The van der Waals surface area contributed by atoms with Gasteiger partial charge in [-0.05, 0) is 99.7 Å². The minimum Gasteiger partial charge on any atom is -0.390 e. The van der Waals surface area contributed by atoms with Crippen LogP contribution in [-0.2, 0) is 11.3 Å². The summed E-state index contributed by atoms with van der Waals surface area (Å²) in [6.45, 7) is 4.72. The first-order valence-electron chi connectivity index (χ1n) is 12.0. The Morgan fingerprint density at radius 3 is 2.73 bits per heavy atom. The van der Waals surface area contributed by atoms with Gasteiger partial charge < -0.3 is 5.11 Å². The van der Waals surface area contributed by atoms with Crippen LogP contribution in [0.3, 0.4) is 0 Å². The molecule has 1 heterocycles. The number of hydrogen-bond acceptors (Lipinski definition) is 4. The number of nitrogens with zero attached hydrogens (tertiary/aromatic N) is 3. The molecule has 0 bridgehead atoms. The highest BCUT2D eigenvalue weighted by molar-refractivity contribution is 5.82. The van der Waals surface area contributed by atoms with E-state index in [4.69, 9.17) is 5.26 Å². The SMILES string of the molecule is CC12CC[C@H]3[C@@H](CCC4C[C@](C)(O)CC[C@@H]43)[C@@H]1CCC2C(=O)Cn1cc(C#N)cn1. The third-order valence-electron chi connectivity index (χ3n) is 9.71. The molecule has 30 heavy (non-hydrogen) atoms. The van der Waals surface area contributed by atoms with Gasteiger partial charge in [0.05, 0.1) is 23.9 Å². The lowest BCUT2D eigenvalue weighted by Gasteiger charge is -2.56. The largest absolute Gasteiger partial charge is 0.390 e. The minimum atomic E-state index is -0.458. The second-order valence-corrected chi connectivity index (χ2v) is 11.4. The van der Waals surface area contributed by atoms with E-state index in [1.807, 2.05) is 6.92 Å². The zero-order valence-corrected chi connectivity index (χ0v) is 18.4. The zero-order chi connectivity index (χ0) is 21.1. The fourth-order valence-electron chi connectivity index (χ4n) is 8.39. The van der Waals surface area contributed by atoms with Crippen molar-refractivity contribution in [2.24, 2.45) is 40.9 Å². The Bertz CT molecular complexity index is 868. The Morgan fingerprint density at radius 1 is 1.17 bits per heavy atom. The Morgan fingerprint density at radius 2 is 1.97 bits per heavy atom. The quantitative estimate of drug-likeness (QED) is 0.805. The molecule has 0 spiro atoms. The van der Waals surface area contributed by atoms with Crippen molar-refractivity contribution in [3.8, 4) is 6.07 Å². The van der Waals surface area contributed by atoms with Crippen molar-refractivity contribution in [3.63, 3.8) is 0 Å². The smallest absolute Gasteiger partial charge is 0.157 e. The molecule has 4 aliphatic carbocycles. The van der Waals surface area contributed by atoms with E-state index in [-0.39, 0.29) is 11.3 Å². The Balaban J connectivity index is 1.30. The number of fused-ring (bicyclic) bond motifs is 5. The molecule has 1 aromatic heterocycles. The molecule has 1 N–H and O–H groups in total. The maximum atomic E-state index is 13.3. The van der Waals surface area contributed by atoms with Crippen molar-refractivity contribution in [3.05, 3.63) is 18.0 Å². The third kappa shape index (κ3) is 3.23. The molecular weight excluding hydrogens is 374 g/mol. The van der Waals surface area contributed by atoms with E-state index in [9.17, 15) is 9.90 Å². The van der Waals surface area contributed by atoms with Gasteiger partial charge in [-0.3, -0.25) is 9.48 Å². The number of carbonyl (C=O) groups excluding carboxylic acids is 1. The molecule has 1 aromatic rings. The zero-order valence-electron chi connectivity index (χ0n) is 18.4. The van der Waals surface area contributed by atoms with Gasteiger partial charge in [0.25, 0.3) is 0 Å². The van der Waals surface area contributed by atoms with Gasteiger partial charge in [-0.25, -0.2) is 0 Å². The number of hydrogen-bond donors (Lipinski definition) is 1. The molecule has 0 amide bonds. The third-order valence-corrected chi connectivity index (χ3v) is 9.71. The van der Waals surface area contributed by atoms with Gasteiger partial charge in [0, 0.05) is 12.1 Å². The molecule has 4 fully saturated rings. The summed E-state index contributed by atoms with van der Waals surface area (Å²) < 4.78 is 1.64. The summed E-state index contributed by atoms with van der Waals surface area (Å²) >= 11 is 0. The van der Waals surface area contributed by atoms with Crippen LogP contribution in [0.4, 0.5) is 0 Å². The molecule has 0 radical (unpaired) electrons. The van der Waals surface area contributed by atoms with Crippen molar-refractivity contribution in [1.29, 1.82) is 5.26 Å². The van der Waals surface area contributed by atoms with E-state index in [1.54, 1.807) is 10.9 Å². The van der Waals surface area contributed by atoms with Crippen molar-refractivity contribution >= 4 is 5.78 Å². The van der Waals surface area contributed by atoms with E-state index >= 15 is 0 Å². The Labute approximate surface area is 179 Å². The summed E-state index contributed by atoms with van der Waals surface area (Å²) in [6, 6.07) is 2.09. The fraction of sp³-hybridized carbons (Fsp3) is 0.800. The van der Waals surface area contributed by atoms with Crippen LogP contribution in [0.2, 0.25) is 0 Å². The second kappa shape index (κ2) is 7.19. The molecular formula is C25H35N3O2. The molecule has 8 atom stereocenters. The first-order chi connectivity index (χ1) is 14.3. The highest BCUT2D eigenvalue weighted by Crippen LogP contribution is 2.64. The molecule has 0 aromatic carbocycles. The van der Waals surface area contributed by atoms with Crippen LogP contribution in [0.5, 0.6) is 0 Å². The van der Waals surface area contributed by atoms with Gasteiger partial charge >= 0.3 is 0 Å². The van der Waals surface area contributed by atoms with Crippen molar-refractivity contribution in [1.82, 2.24) is 9.78 Å². The van der Waals surface area contributed by atoms with Crippen molar-refractivity contribution in [2.75, 3.05) is 0 Å². The average Bonchev–Trinajstić information content (AvgIpc) is 3.30. The predicted octanol–water partition coefficient (Wildman–Crippen LogP) is 4.34. The number of rotatable bonds is 3. The van der Waals surface area contributed by atoms with Crippen LogP contribution in [0.1, 0.15) is 77.2 Å². The van der Waals surface area contributed by atoms with E-state index < -0.39 is 5.60 Å². The first-order valence-corrected chi connectivity index (χ1v) is 12.0. The van der Waals surface area contributed by atoms with Gasteiger partial charge in [0.2, 0.25) is 0 Å². The topological polar surface area (TPSA) is 78.9 Å². The molecule has 5 rings (SSSR count). The number of Topliss-reactive ketones (excluding diaryl/α,β-unsaturated/α-hetero) is 1. The van der Waals surface area contributed by atoms with Gasteiger partial charge in [-0.15, -0.1) is 0 Å². The van der Waals surface area contributed by atoms with E-state index in [1.165, 1.54) is 38.3 Å². The van der Waals surface area contributed by atoms with E-state index in [0.717, 1.165) is 43.4 Å². The monoisotopic (exact) mass is 409 g/mol. The number of nitriles is 1. The van der Waals surface area contributed by atoms with Crippen LogP contribution in [-0.4, -0.2) is 26.3 Å². The summed E-state index contributed by atoms with van der Waals surface area (Å²) in [4.78, 5) is 13.3. The number of ketones is 1. The minimum absolute atomic E-state index is 0.121. The van der Waals surface area contributed by atoms with Gasteiger partial charge in [-0.2, -0.15) is 10.4 Å². The maximum Gasteiger partial charge on any atom is 0.157 e. The lowest BCUT2D eigenvalue weighted by molar-refractivity contribution is -0.133. The molecule has 0 aliphatic heterocycles. The molecule has 0 saturated heterocycles. The van der Waals surface area contributed by atoms with Crippen LogP contribution < -0.4 is 0 Å². The molecule has 162 valence electrons. The van der Waals surface area contributed by atoms with Crippen LogP contribution in [0, 0.1) is 52.3 Å². The first kappa shape index (κ1) is 20.2. The summed E-state index contributed by atoms with van der Waals surface area (Å²) in [7, 11) is 0. The van der Waals surface area contributed by atoms with E-state index in [0.29, 0.717) is 29.7 Å². The molecule has 5 heteroatoms. The summed E-state index contributed by atoms with van der Waals surface area (Å²) in [6.07, 6.45) is 13.5. The number of aliphatic hydroxyl groups is 1.